The molecule has 2 amide bonds. The third-order valence-corrected chi connectivity index (χ3v) is 6.70. The normalized spacial score (nSPS) is 20.3. The first-order valence-corrected chi connectivity index (χ1v) is 10.8. The zero-order valence-electron chi connectivity index (χ0n) is 17.9. The zero-order chi connectivity index (χ0) is 22.9. The molecular formula is C25H25N3O4. The number of benzene rings is 2. The summed E-state index contributed by atoms with van der Waals surface area (Å²) >= 11 is 0. The average molecular weight is 431 g/mol. The molecule has 0 aromatic heterocycles. The predicted octanol–water partition coefficient (Wildman–Crippen LogP) is 3.17. The summed E-state index contributed by atoms with van der Waals surface area (Å²) in [7, 11) is 1.60. The van der Waals surface area contributed by atoms with Crippen molar-refractivity contribution in [2.45, 2.75) is 43.9 Å². The van der Waals surface area contributed by atoms with Crippen LogP contribution in [0.4, 0.5) is 5.69 Å². The lowest BCUT2D eigenvalue weighted by Gasteiger charge is -2.15. The molecule has 32 heavy (non-hydrogen) atoms. The Labute approximate surface area is 186 Å². The molecule has 7 heteroatoms. The Morgan fingerprint density at radius 2 is 2.03 bits per heavy atom. The number of carboxylic acids is 1. The Morgan fingerprint density at radius 3 is 2.75 bits per heavy atom. The summed E-state index contributed by atoms with van der Waals surface area (Å²) in [6.07, 6.45) is 3.49. The molecule has 2 aliphatic rings. The Bertz CT molecular complexity index is 1150. The van der Waals surface area contributed by atoms with Crippen molar-refractivity contribution in [2.75, 3.05) is 12.4 Å². The van der Waals surface area contributed by atoms with Gasteiger partial charge in [0, 0.05) is 36.1 Å². The number of hydrogen-bond acceptors (Lipinski definition) is 4. The van der Waals surface area contributed by atoms with E-state index in [9.17, 15) is 19.6 Å². The molecule has 4 rings (SSSR count). The molecule has 1 spiro atoms. The van der Waals surface area contributed by atoms with E-state index in [0.29, 0.717) is 29.7 Å². The largest absolute Gasteiger partial charge is 0.481 e. The van der Waals surface area contributed by atoms with Gasteiger partial charge < -0.3 is 15.7 Å². The highest BCUT2D eigenvalue weighted by Gasteiger charge is 2.61. The van der Waals surface area contributed by atoms with E-state index in [1.807, 2.05) is 18.2 Å². The molecule has 2 aromatic carbocycles. The number of rotatable bonds is 7. The number of aryl methyl sites for hydroxylation is 2. The van der Waals surface area contributed by atoms with Gasteiger partial charge >= 0.3 is 5.97 Å². The second kappa shape index (κ2) is 8.46. The van der Waals surface area contributed by atoms with Crippen molar-refractivity contribution in [1.29, 1.82) is 5.26 Å². The van der Waals surface area contributed by atoms with Gasteiger partial charge in [0.2, 0.25) is 5.91 Å². The van der Waals surface area contributed by atoms with Crippen molar-refractivity contribution in [2.24, 2.45) is 5.92 Å². The van der Waals surface area contributed by atoms with Crippen LogP contribution >= 0.6 is 0 Å². The van der Waals surface area contributed by atoms with Crippen LogP contribution in [0, 0.1) is 17.2 Å². The topological polar surface area (TPSA) is 119 Å². The molecule has 0 heterocycles. The summed E-state index contributed by atoms with van der Waals surface area (Å²) in [5.74, 6) is -1.30. The fraction of sp³-hybridized carbons (Fsp3) is 0.360. The van der Waals surface area contributed by atoms with Crippen LogP contribution in [-0.4, -0.2) is 29.9 Å². The second-order valence-electron chi connectivity index (χ2n) is 8.58. The van der Waals surface area contributed by atoms with Gasteiger partial charge in [-0.1, -0.05) is 12.1 Å². The average Bonchev–Trinajstić information content (AvgIpc) is 3.42. The highest BCUT2D eigenvalue weighted by atomic mass is 16.4. The molecule has 0 aliphatic heterocycles. The van der Waals surface area contributed by atoms with E-state index in [1.165, 1.54) is 5.56 Å². The maximum atomic E-state index is 13.2. The summed E-state index contributed by atoms with van der Waals surface area (Å²) < 4.78 is 0. The maximum Gasteiger partial charge on any atom is 0.303 e. The van der Waals surface area contributed by atoms with E-state index in [-0.39, 0.29) is 29.6 Å². The number of hydrogen-bond donors (Lipinski definition) is 3. The highest BCUT2D eigenvalue weighted by molar-refractivity contribution is 5.98. The number of amides is 2. The predicted molar refractivity (Wildman–Crippen MR) is 118 cm³/mol. The smallest absolute Gasteiger partial charge is 0.303 e. The second-order valence-corrected chi connectivity index (χ2v) is 8.58. The maximum absolute atomic E-state index is 13.2. The van der Waals surface area contributed by atoms with E-state index in [4.69, 9.17) is 5.11 Å². The van der Waals surface area contributed by atoms with E-state index in [2.05, 4.69) is 16.7 Å². The van der Waals surface area contributed by atoms with Crippen LogP contribution < -0.4 is 10.6 Å². The monoisotopic (exact) mass is 431 g/mol. The third kappa shape index (κ3) is 3.96. The summed E-state index contributed by atoms with van der Waals surface area (Å²) in [6, 6.07) is 12.9. The summed E-state index contributed by atoms with van der Waals surface area (Å²) in [4.78, 5) is 36.1. The van der Waals surface area contributed by atoms with Gasteiger partial charge in [-0.05, 0) is 73.1 Å². The molecule has 0 bridgehead atoms. The molecule has 7 nitrogen and oxygen atoms in total. The number of fused-ring (bicyclic) bond motifs is 2. The molecule has 2 aromatic rings. The Balaban J connectivity index is 1.53. The Kier molecular flexibility index (Phi) is 5.70. The first-order chi connectivity index (χ1) is 15.4. The van der Waals surface area contributed by atoms with Gasteiger partial charge in [0.15, 0.2) is 0 Å². The molecule has 1 saturated carbocycles. The van der Waals surface area contributed by atoms with Crippen LogP contribution in [0.2, 0.25) is 0 Å². The van der Waals surface area contributed by atoms with Crippen LogP contribution in [0.25, 0.3) is 0 Å². The molecule has 164 valence electrons. The van der Waals surface area contributed by atoms with E-state index >= 15 is 0 Å². The molecule has 0 saturated heterocycles. The van der Waals surface area contributed by atoms with Crippen molar-refractivity contribution < 1.29 is 19.5 Å². The lowest BCUT2D eigenvalue weighted by atomic mass is 9.93. The van der Waals surface area contributed by atoms with Gasteiger partial charge in [0.05, 0.1) is 11.6 Å². The molecule has 0 unspecified atom stereocenters. The molecule has 1 fully saturated rings. The van der Waals surface area contributed by atoms with E-state index < -0.39 is 5.97 Å². The van der Waals surface area contributed by atoms with Crippen molar-refractivity contribution in [1.82, 2.24) is 5.32 Å². The van der Waals surface area contributed by atoms with Crippen LogP contribution in [0.1, 0.15) is 58.3 Å². The molecule has 2 aliphatic carbocycles. The SMILES string of the molecule is CNC(=O)c1ccc2c(c1)[C@]1(CC2)C[C@H]1C(=O)Nc1cc(C#N)ccc1CCCC(=O)O. The standard InChI is InChI=1S/C25H25N3O4/c1-27-23(31)18-8-7-16-9-10-25(19(16)12-18)13-20(25)24(32)28-21-11-15(14-26)5-6-17(21)3-2-4-22(29)30/h5-8,11-12,20H,2-4,9-10,13H2,1H3,(H,27,31)(H,28,32)(H,29,30)/t20-,25-/m0/s1. The van der Waals surface area contributed by atoms with Crippen LogP contribution in [0.15, 0.2) is 36.4 Å². The minimum Gasteiger partial charge on any atom is -0.481 e. The number of anilines is 1. The lowest BCUT2D eigenvalue weighted by molar-refractivity contribution is -0.137. The summed E-state index contributed by atoms with van der Waals surface area (Å²) in [5, 5.41) is 23.8. The van der Waals surface area contributed by atoms with Crippen molar-refractivity contribution >= 4 is 23.5 Å². The van der Waals surface area contributed by atoms with Crippen LogP contribution in [0.3, 0.4) is 0 Å². The van der Waals surface area contributed by atoms with Gasteiger partial charge in [-0.15, -0.1) is 0 Å². The molecular weight excluding hydrogens is 406 g/mol. The van der Waals surface area contributed by atoms with Crippen LogP contribution in [-0.2, 0) is 27.8 Å². The van der Waals surface area contributed by atoms with E-state index in [0.717, 1.165) is 30.4 Å². The Morgan fingerprint density at radius 1 is 1.22 bits per heavy atom. The number of nitrogens with one attached hydrogen (secondary N) is 2. The quantitative estimate of drug-likeness (QED) is 0.622. The molecule has 3 N–H and O–H groups in total. The van der Waals surface area contributed by atoms with E-state index in [1.54, 1.807) is 25.2 Å². The number of aliphatic carboxylic acids is 1. The molecule has 2 atom stereocenters. The fourth-order valence-electron chi connectivity index (χ4n) is 4.89. The lowest BCUT2D eigenvalue weighted by Crippen LogP contribution is -2.21. The van der Waals surface area contributed by atoms with Gasteiger partial charge in [-0.25, -0.2) is 0 Å². The minimum atomic E-state index is -0.861. The molecule has 0 radical (unpaired) electrons. The van der Waals surface area contributed by atoms with Gasteiger partial charge in [-0.3, -0.25) is 14.4 Å². The van der Waals surface area contributed by atoms with Gasteiger partial charge in [0.1, 0.15) is 0 Å². The van der Waals surface area contributed by atoms with Crippen LogP contribution in [0.5, 0.6) is 0 Å². The number of carbonyl (C=O) groups excluding carboxylic acids is 2. The highest BCUT2D eigenvalue weighted by Crippen LogP contribution is 2.61. The van der Waals surface area contributed by atoms with Crippen molar-refractivity contribution in [3.63, 3.8) is 0 Å². The number of carboxylic acid groups (broad SMARTS) is 1. The van der Waals surface area contributed by atoms with Crippen molar-refractivity contribution in [3.8, 4) is 6.07 Å². The van der Waals surface area contributed by atoms with Gasteiger partial charge in [-0.2, -0.15) is 5.26 Å². The summed E-state index contributed by atoms with van der Waals surface area (Å²) in [5.41, 5.74) is 4.47. The first-order valence-electron chi connectivity index (χ1n) is 10.8. The first kappa shape index (κ1) is 21.6. The Hall–Kier alpha value is -3.66. The fourth-order valence-corrected chi connectivity index (χ4v) is 4.89. The minimum absolute atomic E-state index is 0.0452. The summed E-state index contributed by atoms with van der Waals surface area (Å²) in [6.45, 7) is 0. The number of carbonyl (C=O) groups is 3. The zero-order valence-corrected chi connectivity index (χ0v) is 17.9. The number of nitriles is 1. The number of nitrogens with zero attached hydrogens (tertiary/aromatic N) is 1. The third-order valence-electron chi connectivity index (χ3n) is 6.70. The van der Waals surface area contributed by atoms with Crippen molar-refractivity contribution in [3.05, 3.63) is 64.2 Å². The van der Waals surface area contributed by atoms with Gasteiger partial charge in [0.25, 0.3) is 5.91 Å².